The van der Waals surface area contributed by atoms with E-state index in [2.05, 4.69) is 66.6 Å². The first kappa shape index (κ1) is 19.5. The van der Waals surface area contributed by atoms with Crippen molar-refractivity contribution >= 4 is 6.09 Å². The Bertz CT molecular complexity index is 1090. The van der Waals surface area contributed by atoms with Gasteiger partial charge in [0.15, 0.2) is 0 Å². The number of amides is 1. The molecule has 3 aromatic rings. The first-order valence-corrected chi connectivity index (χ1v) is 10.9. The molecule has 2 aliphatic rings. The molecule has 1 saturated heterocycles. The molecule has 1 amide bonds. The lowest BCUT2D eigenvalue weighted by Gasteiger charge is -2.32. The third-order valence-corrected chi connectivity index (χ3v) is 6.64. The van der Waals surface area contributed by atoms with Gasteiger partial charge in [-0.2, -0.15) is 0 Å². The van der Waals surface area contributed by atoms with Crippen LogP contribution in [0.25, 0.3) is 11.1 Å². The average molecular weight is 408 g/mol. The summed E-state index contributed by atoms with van der Waals surface area (Å²) in [6.07, 6.45) is 7.13. The summed E-state index contributed by atoms with van der Waals surface area (Å²) in [5.41, 5.74) is 7.17. The van der Waals surface area contributed by atoms with Gasteiger partial charge in [0, 0.05) is 24.6 Å². The summed E-state index contributed by atoms with van der Waals surface area (Å²) >= 11 is 0. The summed E-state index contributed by atoms with van der Waals surface area (Å²) in [6.45, 7) is 1.82. The third-order valence-electron chi connectivity index (χ3n) is 6.64. The van der Waals surface area contributed by atoms with Crippen LogP contribution in [0, 0.1) is 12.3 Å². The highest BCUT2D eigenvalue weighted by atomic mass is 16.6. The minimum atomic E-state index is -0.206. The number of nitrogens with zero attached hydrogens (tertiary/aromatic N) is 1. The lowest BCUT2D eigenvalue weighted by Crippen LogP contribution is -2.38. The summed E-state index contributed by atoms with van der Waals surface area (Å²) in [5, 5.41) is 0. The van der Waals surface area contributed by atoms with Gasteiger partial charge in [0.2, 0.25) is 0 Å². The topological polar surface area (TPSA) is 29.5 Å². The zero-order valence-corrected chi connectivity index (χ0v) is 17.5. The third kappa shape index (κ3) is 3.70. The van der Waals surface area contributed by atoms with Crippen molar-refractivity contribution in [2.75, 3.05) is 19.7 Å². The van der Waals surface area contributed by atoms with Gasteiger partial charge in [0.1, 0.15) is 6.61 Å². The Hall–Kier alpha value is -3.51. The Morgan fingerprint density at radius 2 is 1.48 bits per heavy atom. The van der Waals surface area contributed by atoms with Crippen LogP contribution in [0.2, 0.25) is 0 Å². The number of hydrogen-bond donors (Lipinski definition) is 0. The second kappa shape index (κ2) is 8.32. The van der Waals surface area contributed by atoms with E-state index in [4.69, 9.17) is 11.2 Å². The first-order valence-electron chi connectivity index (χ1n) is 10.9. The molecule has 0 aromatic heterocycles. The molecule has 0 spiro atoms. The molecule has 1 aliphatic heterocycles. The van der Waals surface area contributed by atoms with E-state index in [1.165, 1.54) is 27.8 Å². The van der Waals surface area contributed by atoms with E-state index in [9.17, 15) is 4.79 Å². The number of ether oxygens (including phenoxy) is 1. The molecular weight excluding hydrogens is 382 g/mol. The summed E-state index contributed by atoms with van der Waals surface area (Å²) in [7, 11) is 0. The Labute approximate surface area is 183 Å². The van der Waals surface area contributed by atoms with E-state index in [0.717, 1.165) is 31.5 Å². The van der Waals surface area contributed by atoms with Crippen LogP contribution < -0.4 is 0 Å². The Balaban J connectivity index is 1.21. The molecule has 1 heterocycles. The lowest BCUT2D eigenvalue weighted by molar-refractivity contribution is 0.0904. The number of fused-ring (bicyclic) bond motifs is 3. The molecule has 0 radical (unpaired) electrons. The van der Waals surface area contributed by atoms with Crippen molar-refractivity contribution < 1.29 is 9.53 Å². The first-order chi connectivity index (χ1) is 15.2. The number of benzene rings is 3. The largest absolute Gasteiger partial charge is 0.448 e. The predicted octanol–water partition coefficient (Wildman–Crippen LogP) is 5.80. The van der Waals surface area contributed by atoms with Gasteiger partial charge >= 0.3 is 6.09 Å². The van der Waals surface area contributed by atoms with Crippen LogP contribution in [-0.2, 0) is 4.74 Å². The fourth-order valence-electron chi connectivity index (χ4n) is 4.93. The number of piperidine rings is 1. The van der Waals surface area contributed by atoms with Gasteiger partial charge in [-0.05, 0) is 58.7 Å². The zero-order chi connectivity index (χ0) is 21.2. The molecule has 1 aliphatic carbocycles. The fourth-order valence-corrected chi connectivity index (χ4v) is 4.93. The molecule has 31 heavy (non-hydrogen) atoms. The Kier molecular flexibility index (Phi) is 5.22. The smallest absolute Gasteiger partial charge is 0.409 e. The van der Waals surface area contributed by atoms with Crippen LogP contribution in [0.1, 0.15) is 46.9 Å². The molecule has 1 fully saturated rings. The number of likely N-dealkylation sites (tertiary alicyclic amines) is 1. The van der Waals surface area contributed by atoms with Crippen LogP contribution in [0.15, 0.2) is 72.8 Å². The van der Waals surface area contributed by atoms with E-state index in [-0.39, 0.29) is 12.0 Å². The SMILES string of the molecule is C#Cc1ccc(C2CCN(C(=O)OCC3c4ccccc4-c4ccccc43)CC2)cc1. The van der Waals surface area contributed by atoms with E-state index in [1.807, 2.05) is 17.0 Å². The van der Waals surface area contributed by atoms with E-state index in [0.29, 0.717) is 12.5 Å². The van der Waals surface area contributed by atoms with Crippen molar-refractivity contribution in [1.82, 2.24) is 4.90 Å². The quantitative estimate of drug-likeness (QED) is 0.514. The summed E-state index contributed by atoms with van der Waals surface area (Å²) < 4.78 is 5.82. The zero-order valence-electron chi connectivity index (χ0n) is 17.5. The van der Waals surface area contributed by atoms with E-state index >= 15 is 0 Å². The minimum Gasteiger partial charge on any atom is -0.448 e. The molecule has 5 rings (SSSR count). The van der Waals surface area contributed by atoms with Gasteiger partial charge in [0.05, 0.1) is 0 Å². The standard InChI is InChI=1S/C28H25NO2/c1-2-20-11-13-21(14-12-20)22-15-17-29(18-16-22)28(30)31-19-27-25-9-5-3-7-23(25)24-8-4-6-10-26(24)27/h1,3-14,22,27H,15-19H2. The lowest BCUT2D eigenvalue weighted by atomic mass is 9.89. The van der Waals surface area contributed by atoms with Crippen molar-refractivity contribution in [2.24, 2.45) is 0 Å². The number of carbonyl (C=O) groups excluding carboxylic acids is 1. The predicted molar refractivity (Wildman–Crippen MR) is 123 cm³/mol. The maximum absolute atomic E-state index is 12.8. The van der Waals surface area contributed by atoms with Crippen LogP contribution >= 0.6 is 0 Å². The number of carbonyl (C=O) groups is 1. The fraction of sp³-hybridized carbons (Fsp3) is 0.250. The average Bonchev–Trinajstić information content (AvgIpc) is 3.16. The van der Waals surface area contributed by atoms with Gasteiger partial charge in [0.25, 0.3) is 0 Å². The molecule has 154 valence electrons. The molecular formula is C28H25NO2. The van der Waals surface area contributed by atoms with Crippen molar-refractivity contribution in [3.63, 3.8) is 0 Å². The normalized spacial score (nSPS) is 15.8. The molecule has 0 bridgehead atoms. The second-order valence-electron chi connectivity index (χ2n) is 8.33. The molecule has 0 unspecified atom stereocenters. The Morgan fingerprint density at radius 3 is 2.06 bits per heavy atom. The monoisotopic (exact) mass is 407 g/mol. The van der Waals surface area contributed by atoms with Gasteiger partial charge in [-0.25, -0.2) is 4.79 Å². The second-order valence-corrected chi connectivity index (χ2v) is 8.33. The van der Waals surface area contributed by atoms with Crippen molar-refractivity contribution in [1.29, 1.82) is 0 Å². The maximum Gasteiger partial charge on any atom is 0.409 e. The minimum absolute atomic E-state index is 0.101. The van der Waals surface area contributed by atoms with Crippen molar-refractivity contribution in [2.45, 2.75) is 24.7 Å². The van der Waals surface area contributed by atoms with Crippen LogP contribution in [0.3, 0.4) is 0 Å². The summed E-state index contributed by atoms with van der Waals surface area (Å²) in [4.78, 5) is 14.6. The number of rotatable bonds is 3. The van der Waals surface area contributed by atoms with Gasteiger partial charge in [-0.1, -0.05) is 66.6 Å². The molecule has 3 nitrogen and oxygen atoms in total. The number of terminal acetylenes is 1. The highest BCUT2D eigenvalue weighted by molar-refractivity contribution is 5.79. The summed E-state index contributed by atoms with van der Waals surface area (Å²) in [6, 6.07) is 25.0. The highest BCUT2D eigenvalue weighted by Crippen LogP contribution is 2.44. The van der Waals surface area contributed by atoms with Gasteiger partial charge in [-0.3, -0.25) is 0 Å². The molecule has 0 N–H and O–H groups in total. The molecule has 0 atom stereocenters. The Morgan fingerprint density at radius 1 is 0.903 bits per heavy atom. The van der Waals surface area contributed by atoms with Crippen LogP contribution in [-0.4, -0.2) is 30.7 Å². The number of hydrogen-bond acceptors (Lipinski definition) is 2. The molecule has 0 saturated carbocycles. The van der Waals surface area contributed by atoms with Crippen LogP contribution in [0.5, 0.6) is 0 Å². The van der Waals surface area contributed by atoms with Gasteiger partial charge < -0.3 is 9.64 Å². The molecule has 3 aromatic carbocycles. The molecule has 3 heteroatoms. The van der Waals surface area contributed by atoms with E-state index in [1.54, 1.807) is 0 Å². The van der Waals surface area contributed by atoms with Crippen molar-refractivity contribution in [3.05, 3.63) is 95.1 Å². The van der Waals surface area contributed by atoms with Gasteiger partial charge in [-0.15, -0.1) is 6.42 Å². The maximum atomic E-state index is 12.8. The van der Waals surface area contributed by atoms with E-state index < -0.39 is 0 Å². The summed E-state index contributed by atoms with van der Waals surface area (Å²) in [5.74, 6) is 3.22. The van der Waals surface area contributed by atoms with Crippen molar-refractivity contribution in [3.8, 4) is 23.5 Å². The van der Waals surface area contributed by atoms with Crippen LogP contribution in [0.4, 0.5) is 4.79 Å². The highest BCUT2D eigenvalue weighted by Gasteiger charge is 2.30.